The quantitative estimate of drug-likeness (QED) is 0.679. The molecule has 26 heavy (non-hydrogen) atoms. The lowest BCUT2D eigenvalue weighted by Gasteiger charge is -2.17. The predicted octanol–water partition coefficient (Wildman–Crippen LogP) is 5.89. The van der Waals surface area contributed by atoms with E-state index in [1.54, 1.807) is 0 Å². The molecule has 140 valence electrons. The molecular formula is C21H29N3O2. The standard InChI is InChI=1S/C21H29N3O2/c1-14(2)11-12-24-18-10-9-15(3)13-17(18)19(21(24)26)22-23-20(25)16-7-5-4-6-8-16/h9-10,13-14,16,26H,4-8,11-12H2,1-3H3. The van der Waals surface area contributed by atoms with E-state index in [0.29, 0.717) is 11.6 Å². The van der Waals surface area contributed by atoms with Gasteiger partial charge in [0, 0.05) is 17.8 Å². The van der Waals surface area contributed by atoms with Gasteiger partial charge in [-0.1, -0.05) is 44.7 Å². The minimum absolute atomic E-state index is 0.00864. The summed E-state index contributed by atoms with van der Waals surface area (Å²) in [5, 5.41) is 19.8. The van der Waals surface area contributed by atoms with Crippen LogP contribution < -0.4 is 0 Å². The molecule has 0 saturated heterocycles. The third-order valence-electron chi connectivity index (χ3n) is 5.30. The second kappa shape index (κ2) is 8.02. The van der Waals surface area contributed by atoms with E-state index >= 15 is 0 Å². The van der Waals surface area contributed by atoms with E-state index in [1.807, 2.05) is 29.7 Å². The smallest absolute Gasteiger partial charge is 0.267 e. The fourth-order valence-corrected chi connectivity index (χ4v) is 3.68. The number of azo groups is 1. The molecule has 0 radical (unpaired) electrons. The maximum Gasteiger partial charge on any atom is 0.267 e. The van der Waals surface area contributed by atoms with E-state index in [2.05, 4.69) is 24.1 Å². The summed E-state index contributed by atoms with van der Waals surface area (Å²) >= 11 is 0. The summed E-state index contributed by atoms with van der Waals surface area (Å²) in [4.78, 5) is 12.4. The van der Waals surface area contributed by atoms with Gasteiger partial charge in [0.05, 0.1) is 5.52 Å². The van der Waals surface area contributed by atoms with Crippen molar-refractivity contribution in [3.63, 3.8) is 0 Å². The molecule has 1 heterocycles. The zero-order valence-corrected chi connectivity index (χ0v) is 16.0. The van der Waals surface area contributed by atoms with Crippen LogP contribution in [0.25, 0.3) is 10.9 Å². The number of hydrogen-bond acceptors (Lipinski definition) is 3. The van der Waals surface area contributed by atoms with Crippen LogP contribution in [0.3, 0.4) is 0 Å². The molecule has 1 fully saturated rings. The first kappa shape index (κ1) is 18.6. The van der Waals surface area contributed by atoms with Crippen molar-refractivity contribution in [2.45, 2.75) is 65.8 Å². The SMILES string of the molecule is Cc1ccc2c(c1)c(N=NC(=O)C1CCCCC1)c(O)n2CCC(C)C. The van der Waals surface area contributed by atoms with Crippen molar-refractivity contribution in [3.05, 3.63) is 23.8 Å². The topological polar surface area (TPSA) is 66.9 Å². The zero-order valence-electron chi connectivity index (χ0n) is 16.0. The summed E-state index contributed by atoms with van der Waals surface area (Å²) in [5.74, 6) is 0.479. The number of benzene rings is 1. The van der Waals surface area contributed by atoms with Gasteiger partial charge in [-0.05, 0) is 44.2 Å². The van der Waals surface area contributed by atoms with Crippen LogP contribution in [0, 0.1) is 18.8 Å². The number of aromatic nitrogens is 1. The van der Waals surface area contributed by atoms with Crippen molar-refractivity contribution in [3.8, 4) is 5.88 Å². The Morgan fingerprint density at radius 2 is 2.00 bits per heavy atom. The van der Waals surface area contributed by atoms with E-state index < -0.39 is 0 Å². The minimum atomic E-state index is -0.153. The van der Waals surface area contributed by atoms with Crippen molar-refractivity contribution in [2.24, 2.45) is 22.1 Å². The molecule has 1 aliphatic carbocycles. The monoisotopic (exact) mass is 355 g/mol. The summed E-state index contributed by atoms with van der Waals surface area (Å²) in [6.07, 6.45) is 6.14. The Morgan fingerprint density at radius 1 is 1.27 bits per heavy atom. The first-order chi connectivity index (χ1) is 12.5. The number of fused-ring (bicyclic) bond motifs is 1. The largest absolute Gasteiger partial charge is 0.493 e. The van der Waals surface area contributed by atoms with Crippen molar-refractivity contribution in [1.82, 2.24) is 4.57 Å². The maximum atomic E-state index is 12.4. The van der Waals surface area contributed by atoms with Crippen LogP contribution in [0.15, 0.2) is 28.4 Å². The van der Waals surface area contributed by atoms with E-state index in [9.17, 15) is 9.90 Å². The molecule has 1 saturated carbocycles. The van der Waals surface area contributed by atoms with Gasteiger partial charge in [0.1, 0.15) is 0 Å². The molecule has 1 aromatic heterocycles. The lowest BCUT2D eigenvalue weighted by Crippen LogP contribution is -2.15. The van der Waals surface area contributed by atoms with Gasteiger partial charge >= 0.3 is 0 Å². The van der Waals surface area contributed by atoms with Crippen LogP contribution in [0.4, 0.5) is 5.69 Å². The Morgan fingerprint density at radius 3 is 2.69 bits per heavy atom. The van der Waals surface area contributed by atoms with Crippen molar-refractivity contribution >= 4 is 22.5 Å². The fraction of sp³-hybridized carbons (Fsp3) is 0.571. The number of rotatable bonds is 5. The lowest BCUT2D eigenvalue weighted by molar-refractivity contribution is -0.122. The molecule has 1 amide bonds. The predicted molar refractivity (Wildman–Crippen MR) is 104 cm³/mol. The molecule has 0 bridgehead atoms. The third kappa shape index (κ3) is 3.97. The number of carbonyl (C=O) groups excluding carboxylic acids is 1. The van der Waals surface area contributed by atoms with Gasteiger partial charge in [0.15, 0.2) is 5.69 Å². The summed E-state index contributed by atoms with van der Waals surface area (Å²) in [6.45, 7) is 7.05. The number of aryl methyl sites for hydroxylation is 2. The van der Waals surface area contributed by atoms with E-state index in [4.69, 9.17) is 0 Å². The van der Waals surface area contributed by atoms with Crippen LogP contribution in [0.2, 0.25) is 0 Å². The molecule has 0 unspecified atom stereocenters. The van der Waals surface area contributed by atoms with Gasteiger partial charge < -0.3 is 9.67 Å². The first-order valence-corrected chi connectivity index (χ1v) is 9.74. The van der Waals surface area contributed by atoms with Crippen LogP contribution in [0.5, 0.6) is 5.88 Å². The van der Waals surface area contributed by atoms with Gasteiger partial charge in [0.2, 0.25) is 5.88 Å². The molecular weight excluding hydrogens is 326 g/mol. The molecule has 3 rings (SSSR count). The zero-order chi connectivity index (χ0) is 18.7. The van der Waals surface area contributed by atoms with Gasteiger partial charge in [-0.15, -0.1) is 10.2 Å². The first-order valence-electron chi connectivity index (χ1n) is 9.74. The second-order valence-electron chi connectivity index (χ2n) is 7.90. The van der Waals surface area contributed by atoms with Gasteiger partial charge in [-0.3, -0.25) is 4.79 Å². The van der Waals surface area contributed by atoms with Gasteiger partial charge in [0.25, 0.3) is 5.91 Å². The molecule has 0 atom stereocenters. The van der Waals surface area contributed by atoms with Crippen LogP contribution in [0.1, 0.15) is 57.9 Å². The second-order valence-corrected chi connectivity index (χ2v) is 7.90. The van der Waals surface area contributed by atoms with Gasteiger partial charge in [-0.2, -0.15) is 0 Å². The molecule has 2 aromatic rings. The normalized spacial score (nSPS) is 16.2. The summed E-state index contributed by atoms with van der Waals surface area (Å²) in [5.41, 5.74) is 2.44. The average molecular weight is 355 g/mol. The third-order valence-corrected chi connectivity index (χ3v) is 5.30. The van der Waals surface area contributed by atoms with Crippen molar-refractivity contribution < 1.29 is 9.90 Å². The Kier molecular flexibility index (Phi) is 5.74. The van der Waals surface area contributed by atoms with Crippen molar-refractivity contribution in [2.75, 3.05) is 0 Å². The molecule has 0 spiro atoms. The van der Waals surface area contributed by atoms with Crippen molar-refractivity contribution in [1.29, 1.82) is 0 Å². The maximum absolute atomic E-state index is 12.4. The van der Waals surface area contributed by atoms with E-state index in [0.717, 1.165) is 55.1 Å². The Balaban J connectivity index is 1.93. The Labute approximate surface area is 155 Å². The van der Waals surface area contributed by atoms with Crippen LogP contribution in [-0.2, 0) is 11.3 Å². The van der Waals surface area contributed by atoms with E-state index in [1.165, 1.54) is 6.42 Å². The molecule has 1 N–H and O–H groups in total. The summed E-state index contributed by atoms with van der Waals surface area (Å²) in [7, 11) is 0. The van der Waals surface area contributed by atoms with E-state index in [-0.39, 0.29) is 17.7 Å². The highest BCUT2D eigenvalue weighted by atomic mass is 16.3. The number of amides is 1. The minimum Gasteiger partial charge on any atom is -0.493 e. The molecule has 5 heteroatoms. The average Bonchev–Trinajstić information content (AvgIpc) is 2.89. The Hall–Kier alpha value is -2.17. The molecule has 0 aliphatic heterocycles. The number of carbonyl (C=O) groups is 1. The molecule has 1 aliphatic rings. The summed E-state index contributed by atoms with van der Waals surface area (Å²) in [6, 6.07) is 6.04. The van der Waals surface area contributed by atoms with Crippen LogP contribution >= 0.6 is 0 Å². The summed E-state index contributed by atoms with van der Waals surface area (Å²) < 4.78 is 1.88. The highest BCUT2D eigenvalue weighted by Gasteiger charge is 2.22. The number of nitrogens with zero attached hydrogens (tertiary/aromatic N) is 3. The Bertz CT molecular complexity index is 814. The number of aromatic hydroxyl groups is 1. The fourth-order valence-electron chi connectivity index (χ4n) is 3.68. The highest BCUT2D eigenvalue weighted by molar-refractivity contribution is 5.95. The molecule has 5 nitrogen and oxygen atoms in total. The lowest BCUT2D eigenvalue weighted by atomic mass is 9.89. The molecule has 1 aromatic carbocycles. The highest BCUT2D eigenvalue weighted by Crippen LogP contribution is 2.40. The van der Waals surface area contributed by atoms with Crippen LogP contribution in [-0.4, -0.2) is 15.6 Å². The number of hydrogen-bond donors (Lipinski definition) is 1. The van der Waals surface area contributed by atoms with Gasteiger partial charge in [-0.25, -0.2) is 0 Å².